The first kappa shape index (κ1) is 22.4. The Balaban J connectivity index is 1.57. The lowest BCUT2D eigenvalue weighted by atomic mass is 9.74. The van der Waals surface area contributed by atoms with Crippen molar-refractivity contribution in [2.45, 2.75) is 25.9 Å². The van der Waals surface area contributed by atoms with Gasteiger partial charge in [0.15, 0.2) is 11.2 Å². The summed E-state index contributed by atoms with van der Waals surface area (Å²) in [4.78, 5) is 45.7. The largest absolute Gasteiger partial charge is 0.463 e. The van der Waals surface area contributed by atoms with Gasteiger partial charge in [0.05, 0.1) is 12.2 Å². The van der Waals surface area contributed by atoms with Crippen LogP contribution < -0.4 is 5.73 Å². The average molecular weight is 473 g/mol. The van der Waals surface area contributed by atoms with E-state index < -0.39 is 23.3 Å². The quantitative estimate of drug-likeness (QED) is 0.542. The van der Waals surface area contributed by atoms with Crippen LogP contribution in [0.4, 0.5) is 6.01 Å². The number of allylic oxidation sites excluding steroid dienone is 1. The highest BCUT2D eigenvalue weighted by Gasteiger charge is 2.63. The van der Waals surface area contributed by atoms with Gasteiger partial charge in [-0.05, 0) is 25.0 Å². The van der Waals surface area contributed by atoms with E-state index in [1.807, 2.05) is 30.3 Å². The topological polar surface area (TPSA) is 125 Å². The van der Waals surface area contributed by atoms with Gasteiger partial charge in [0.1, 0.15) is 18.8 Å². The van der Waals surface area contributed by atoms with E-state index in [0.717, 1.165) is 5.56 Å². The predicted octanol–water partition coefficient (Wildman–Crippen LogP) is 2.95. The van der Waals surface area contributed by atoms with Crippen molar-refractivity contribution in [2.24, 2.45) is 0 Å². The standard InChI is InChI=1S/C26H23N3O6/c1-3-33-23(31)20-15(2)29(13-19(30)34-14-16-9-5-4-6-10-16)24(32)26(20)18-12-8-7-11-17(18)21-22(26)28-25(27)35-21/h4-12H,3,13-14H2,1-2H3,(H2,27,28). The van der Waals surface area contributed by atoms with E-state index >= 15 is 0 Å². The zero-order valence-electron chi connectivity index (χ0n) is 19.2. The number of carbonyl (C=O) groups excluding carboxylic acids is 3. The maximum Gasteiger partial charge on any atom is 0.337 e. The normalized spacial score (nSPS) is 18.1. The lowest BCUT2D eigenvalue weighted by molar-refractivity contribution is -0.149. The van der Waals surface area contributed by atoms with Crippen LogP contribution in [0.25, 0.3) is 11.3 Å². The monoisotopic (exact) mass is 473 g/mol. The number of amides is 1. The summed E-state index contributed by atoms with van der Waals surface area (Å²) in [6.07, 6.45) is 0. The number of hydrogen-bond acceptors (Lipinski definition) is 8. The molecule has 2 heterocycles. The first-order valence-corrected chi connectivity index (χ1v) is 11.2. The van der Waals surface area contributed by atoms with Gasteiger partial charge >= 0.3 is 11.9 Å². The summed E-state index contributed by atoms with van der Waals surface area (Å²) < 4.78 is 16.4. The Kier molecular flexibility index (Phi) is 5.39. The fraction of sp³-hybridized carbons (Fsp3) is 0.231. The van der Waals surface area contributed by atoms with Crippen LogP contribution in [-0.2, 0) is 35.9 Å². The lowest BCUT2D eigenvalue weighted by Crippen LogP contribution is -2.43. The minimum atomic E-state index is -1.64. The number of nitrogen functional groups attached to an aromatic ring is 1. The summed E-state index contributed by atoms with van der Waals surface area (Å²) in [5.74, 6) is -1.50. The van der Waals surface area contributed by atoms with Gasteiger partial charge in [0.2, 0.25) is 5.91 Å². The predicted molar refractivity (Wildman–Crippen MR) is 124 cm³/mol. The highest BCUT2D eigenvalue weighted by Crippen LogP contribution is 2.57. The smallest absolute Gasteiger partial charge is 0.337 e. The van der Waals surface area contributed by atoms with Gasteiger partial charge in [-0.3, -0.25) is 9.59 Å². The van der Waals surface area contributed by atoms with E-state index in [-0.39, 0.29) is 42.7 Å². The minimum Gasteiger partial charge on any atom is -0.463 e. The Bertz CT molecular complexity index is 1380. The van der Waals surface area contributed by atoms with Gasteiger partial charge in [-0.15, -0.1) is 0 Å². The molecule has 1 spiro atoms. The minimum absolute atomic E-state index is 0.0626. The molecule has 3 aromatic rings. The molecule has 1 aliphatic heterocycles. The van der Waals surface area contributed by atoms with Gasteiger partial charge in [-0.2, -0.15) is 4.98 Å². The number of oxazole rings is 1. The first-order valence-electron chi connectivity index (χ1n) is 11.2. The maximum absolute atomic E-state index is 14.1. The van der Waals surface area contributed by atoms with Crippen molar-refractivity contribution in [3.8, 4) is 11.3 Å². The van der Waals surface area contributed by atoms with E-state index in [9.17, 15) is 14.4 Å². The molecule has 2 N–H and O–H groups in total. The molecule has 9 nitrogen and oxygen atoms in total. The van der Waals surface area contributed by atoms with Crippen LogP contribution in [0.2, 0.25) is 0 Å². The van der Waals surface area contributed by atoms with Crippen LogP contribution in [0, 0.1) is 0 Å². The Morgan fingerprint density at radius 1 is 1.09 bits per heavy atom. The fourth-order valence-electron chi connectivity index (χ4n) is 4.85. The van der Waals surface area contributed by atoms with Crippen LogP contribution in [0.15, 0.2) is 70.3 Å². The third-order valence-electron chi connectivity index (χ3n) is 6.29. The number of rotatable bonds is 6. The molecule has 9 heteroatoms. The van der Waals surface area contributed by atoms with E-state index in [4.69, 9.17) is 19.6 Å². The van der Waals surface area contributed by atoms with Crippen molar-refractivity contribution in [3.05, 3.63) is 82.7 Å². The molecule has 0 bridgehead atoms. The van der Waals surface area contributed by atoms with Crippen LogP contribution in [0.5, 0.6) is 0 Å². The molecule has 35 heavy (non-hydrogen) atoms. The molecule has 178 valence electrons. The molecule has 1 amide bonds. The number of benzene rings is 2. The number of fused-ring (bicyclic) bond motifs is 5. The molecule has 1 aliphatic carbocycles. The molecule has 0 saturated heterocycles. The van der Waals surface area contributed by atoms with Crippen molar-refractivity contribution in [1.29, 1.82) is 0 Å². The number of aromatic nitrogens is 1. The number of esters is 2. The summed E-state index contributed by atoms with van der Waals surface area (Å²) in [7, 11) is 0. The van der Waals surface area contributed by atoms with Gasteiger partial charge in [-0.1, -0.05) is 54.6 Å². The summed E-state index contributed by atoms with van der Waals surface area (Å²) in [5.41, 5.74) is 6.74. The number of carbonyl (C=O) groups is 3. The summed E-state index contributed by atoms with van der Waals surface area (Å²) in [6.45, 7) is 3.07. The van der Waals surface area contributed by atoms with Crippen molar-refractivity contribution in [1.82, 2.24) is 9.88 Å². The van der Waals surface area contributed by atoms with Crippen molar-refractivity contribution < 1.29 is 28.3 Å². The van der Waals surface area contributed by atoms with Gasteiger partial charge in [0.25, 0.3) is 6.01 Å². The lowest BCUT2D eigenvalue weighted by Gasteiger charge is -2.26. The molecular formula is C26H23N3O6. The molecule has 1 atom stereocenters. The molecule has 2 aromatic carbocycles. The van der Waals surface area contributed by atoms with E-state index in [1.54, 1.807) is 38.1 Å². The molecular weight excluding hydrogens is 450 g/mol. The molecule has 5 rings (SSSR count). The number of hydrogen-bond donors (Lipinski definition) is 1. The zero-order chi connectivity index (χ0) is 24.7. The van der Waals surface area contributed by atoms with Gasteiger partial charge in [0, 0.05) is 11.3 Å². The van der Waals surface area contributed by atoms with E-state index in [2.05, 4.69) is 4.98 Å². The second-order valence-electron chi connectivity index (χ2n) is 8.24. The first-order chi connectivity index (χ1) is 16.9. The van der Waals surface area contributed by atoms with Gasteiger partial charge in [-0.25, -0.2) is 4.79 Å². The molecule has 1 aromatic heterocycles. The van der Waals surface area contributed by atoms with Crippen molar-refractivity contribution in [2.75, 3.05) is 18.9 Å². The number of nitrogens with two attached hydrogens (primary N) is 1. The average Bonchev–Trinajstić information content (AvgIpc) is 3.43. The third kappa shape index (κ3) is 3.30. The Morgan fingerprint density at radius 3 is 2.54 bits per heavy atom. The second-order valence-corrected chi connectivity index (χ2v) is 8.24. The summed E-state index contributed by atoms with van der Waals surface area (Å²) in [6, 6.07) is 16.2. The van der Waals surface area contributed by atoms with E-state index in [0.29, 0.717) is 16.9 Å². The van der Waals surface area contributed by atoms with Crippen LogP contribution in [-0.4, -0.2) is 40.9 Å². The van der Waals surface area contributed by atoms with Crippen LogP contribution >= 0.6 is 0 Å². The maximum atomic E-state index is 14.1. The Hall–Kier alpha value is -4.40. The molecule has 0 fully saturated rings. The Labute approximate surface area is 201 Å². The third-order valence-corrected chi connectivity index (χ3v) is 6.29. The molecule has 0 saturated carbocycles. The van der Waals surface area contributed by atoms with E-state index in [1.165, 1.54) is 4.90 Å². The highest BCUT2D eigenvalue weighted by atomic mass is 16.5. The number of anilines is 1. The number of ether oxygens (including phenoxy) is 2. The number of nitrogens with zero attached hydrogens (tertiary/aromatic N) is 2. The van der Waals surface area contributed by atoms with Crippen LogP contribution in [0.1, 0.15) is 30.7 Å². The fourth-order valence-corrected chi connectivity index (χ4v) is 4.85. The highest BCUT2D eigenvalue weighted by molar-refractivity contribution is 6.14. The summed E-state index contributed by atoms with van der Waals surface area (Å²) in [5, 5.41) is 0. The van der Waals surface area contributed by atoms with Crippen LogP contribution in [0.3, 0.4) is 0 Å². The zero-order valence-corrected chi connectivity index (χ0v) is 19.2. The SMILES string of the molecule is CCOC(=O)C1=C(C)N(CC(=O)OCc2ccccc2)C(=O)C12c1ccccc1-c1oc(N)nc12. The van der Waals surface area contributed by atoms with Gasteiger partial charge < -0.3 is 24.5 Å². The molecule has 1 unspecified atom stereocenters. The second kappa shape index (κ2) is 8.43. The Morgan fingerprint density at radius 2 is 1.80 bits per heavy atom. The molecule has 0 radical (unpaired) electrons. The molecule has 2 aliphatic rings. The van der Waals surface area contributed by atoms with Crippen molar-refractivity contribution in [3.63, 3.8) is 0 Å². The summed E-state index contributed by atoms with van der Waals surface area (Å²) >= 11 is 0. The van der Waals surface area contributed by atoms with Crippen molar-refractivity contribution >= 4 is 23.9 Å².